The van der Waals surface area contributed by atoms with Crippen molar-refractivity contribution in [2.24, 2.45) is 0 Å². The SMILES string of the molecule is CCc1cc(C)c(-n2cnc(C)c2)cn1.CCc1ccc(-n2cnc(C)c2)c(C)n1.CCc1cnc(-n2cnc(C)c2)c(C)c1. The molecule has 234 valence electrons. The topological polar surface area (TPSA) is 92.1 Å². The Morgan fingerprint density at radius 2 is 1.11 bits per heavy atom. The standard InChI is InChI=1S/3C12H15N3/c1-4-11-5-9(2)12(6-13-11)15-7-10(3)14-8-15;1-4-11-5-9(2)12(13-6-11)15-7-10(3)14-8-15;1-4-11-5-6-12(10(3)14-11)15-7-9(2)13-8-15/h3*5-8H,4H2,1-3H3. The van der Waals surface area contributed by atoms with Gasteiger partial charge < -0.3 is 9.13 Å². The Kier molecular flexibility index (Phi) is 11.1. The maximum absolute atomic E-state index is 4.53. The van der Waals surface area contributed by atoms with Crippen molar-refractivity contribution in [1.82, 2.24) is 43.6 Å². The van der Waals surface area contributed by atoms with Crippen molar-refractivity contribution in [3.63, 3.8) is 0 Å². The maximum Gasteiger partial charge on any atom is 0.140 e. The molecule has 6 aromatic heterocycles. The number of pyridine rings is 3. The van der Waals surface area contributed by atoms with E-state index < -0.39 is 0 Å². The molecular formula is C36H45N9. The highest BCUT2D eigenvalue weighted by molar-refractivity contribution is 5.40. The summed E-state index contributed by atoms with van der Waals surface area (Å²) in [4.78, 5) is 26.0. The van der Waals surface area contributed by atoms with Gasteiger partial charge in [0.15, 0.2) is 0 Å². The summed E-state index contributed by atoms with van der Waals surface area (Å²) in [6.07, 6.45) is 18.3. The second-order valence-corrected chi connectivity index (χ2v) is 11.2. The smallest absolute Gasteiger partial charge is 0.140 e. The van der Waals surface area contributed by atoms with Crippen LogP contribution >= 0.6 is 0 Å². The lowest BCUT2D eigenvalue weighted by atomic mass is 10.1. The van der Waals surface area contributed by atoms with Crippen LogP contribution in [0.5, 0.6) is 0 Å². The van der Waals surface area contributed by atoms with Gasteiger partial charge in [-0.15, -0.1) is 0 Å². The average Bonchev–Trinajstić information content (AvgIpc) is 3.78. The third-order valence-corrected chi connectivity index (χ3v) is 7.43. The highest BCUT2D eigenvalue weighted by Gasteiger charge is 2.06. The van der Waals surface area contributed by atoms with E-state index in [9.17, 15) is 0 Å². The first kappa shape index (κ1) is 33.0. The van der Waals surface area contributed by atoms with Crippen molar-refractivity contribution in [3.05, 3.63) is 125 Å². The molecule has 0 bridgehead atoms. The minimum absolute atomic E-state index is 0.966. The van der Waals surface area contributed by atoms with Gasteiger partial charge in [-0.3, -0.25) is 14.5 Å². The molecule has 0 spiro atoms. The van der Waals surface area contributed by atoms with E-state index in [2.05, 4.69) is 88.8 Å². The van der Waals surface area contributed by atoms with Gasteiger partial charge in [0.05, 0.1) is 53.0 Å². The molecule has 6 rings (SSSR count). The van der Waals surface area contributed by atoms with Gasteiger partial charge in [-0.2, -0.15) is 0 Å². The lowest BCUT2D eigenvalue weighted by Crippen LogP contribution is -1.99. The van der Waals surface area contributed by atoms with Gasteiger partial charge in [-0.05, 0) is 95.7 Å². The second kappa shape index (κ2) is 15.2. The van der Waals surface area contributed by atoms with Crippen LogP contribution in [0.4, 0.5) is 0 Å². The van der Waals surface area contributed by atoms with Crippen molar-refractivity contribution < 1.29 is 0 Å². The van der Waals surface area contributed by atoms with Crippen LogP contribution in [-0.4, -0.2) is 43.6 Å². The molecule has 0 unspecified atom stereocenters. The highest BCUT2D eigenvalue weighted by atomic mass is 15.1. The molecule has 0 radical (unpaired) electrons. The molecule has 0 saturated carbocycles. The molecule has 45 heavy (non-hydrogen) atoms. The fraction of sp³-hybridized carbons (Fsp3) is 0.333. The van der Waals surface area contributed by atoms with Crippen LogP contribution in [0.15, 0.2) is 74.2 Å². The quantitative estimate of drug-likeness (QED) is 0.198. The van der Waals surface area contributed by atoms with E-state index >= 15 is 0 Å². The molecule has 0 amide bonds. The normalized spacial score (nSPS) is 10.6. The van der Waals surface area contributed by atoms with Gasteiger partial charge in [0.2, 0.25) is 0 Å². The Morgan fingerprint density at radius 1 is 0.533 bits per heavy atom. The van der Waals surface area contributed by atoms with E-state index in [1.165, 1.54) is 16.7 Å². The molecule has 0 N–H and O–H groups in total. The van der Waals surface area contributed by atoms with Crippen LogP contribution in [0.3, 0.4) is 0 Å². The number of nitrogens with zero attached hydrogens (tertiary/aromatic N) is 9. The van der Waals surface area contributed by atoms with Crippen LogP contribution in [0, 0.1) is 41.5 Å². The van der Waals surface area contributed by atoms with E-state index in [-0.39, 0.29) is 0 Å². The number of rotatable bonds is 6. The summed E-state index contributed by atoms with van der Waals surface area (Å²) in [5, 5.41) is 0. The molecule has 6 heterocycles. The number of hydrogen-bond donors (Lipinski definition) is 0. The molecule has 0 fully saturated rings. The van der Waals surface area contributed by atoms with Crippen LogP contribution < -0.4 is 0 Å². The van der Waals surface area contributed by atoms with E-state index in [1.807, 2.05) is 85.0 Å². The zero-order valence-electron chi connectivity index (χ0n) is 28.1. The summed E-state index contributed by atoms with van der Waals surface area (Å²) in [6.45, 7) is 18.5. The predicted octanol–water partition coefficient (Wildman–Crippen LogP) is 7.34. The van der Waals surface area contributed by atoms with Crippen molar-refractivity contribution in [2.45, 2.75) is 81.6 Å². The van der Waals surface area contributed by atoms with Crippen LogP contribution in [0.2, 0.25) is 0 Å². The lowest BCUT2D eigenvalue weighted by Gasteiger charge is -2.07. The Hall–Kier alpha value is -4.92. The summed E-state index contributed by atoms with van der Waals surface area (Å²) in [5.41, 5.74) is 12.3. The molecule has 6 aromatic rings. The van der Waals surface area contributed by atoms with E-state index in [0.717, 1.165) is 70.6 Å². The van der Waals surface area contributed by atoms with Crippen LogP contribution in [0.25, 0.3) is 17.2 Å². The number of hydrogen-bond acceptors (Lipinski definition) is 6. The van der Waals surface area contributed by atoms with Crippen molar-refractivity contribution >= 4 is 0 Å². The third-order valence-electron chi connectivity index (χ3n) is 7.43. The van der Waals surface area contributed by atoms with Crippen molar-refractivity contribution in [1.29, 1.82) is 0 Å². The summed E-state index contributed by atoms with van der Waals surface area (Å²) in [6, 6.07) is 8.47. The molecule has 0 aliphatic carbocycles. The van der Waals surface area contributed by atoms with Gasteiger partial charge in [0.1, 0.15) is 12.1 Å². The molecule has 0 saturated heterocycles. The first-order chi connectivity index (χ1) is 21.6. The van der Waals surface area contributed by atoms with Crippen LogP contribution in [-0.2, 0) is 19.3 Å². The predicted molar refractivity (Wildman–Crippen MR) is 181 cm³/mol. The van der Waals surface area contributed by atoms with E-state index in [4.69, 9.17) is 0 Å². The molecular weight excluding hydrogens is 558 g/mol. The van der Waals surface area contributed by atoms with Crippen LogP contribution in [0.1, 0.15) is 71.6 Å². The summed E-state index contributed by atoms with van der Waals surface area (Å²) in [5.74, 6) is 0.966. The molecule has 0 aliphatic rings. The molecule has 0 atom stereocenters. The second-order valence-electron chi connectivity index (χ2n) is 11.2. The van der Waals surface area contributed by atoms with Gasteiger partial charge >= 0.3 is 0 Å². The first-order valence-electron chi connectivity index (χ1n) is 15.5. The Bertz CT molecular complexity index is 1630. The zero-order chi connectivity index (χ0) is 32.5. The summed E-state index contributed by atoms with van der Waals surface area (Å²) >= 11 is 0. The third kappa shape index (κ3) is 8.59. The number of aromatic nitrogens is 9. The lowest BCUT2D eigenvalue weighted by molar-refractivity contribution is 0.956. The van der Waals surface area contributed by atoms with Gasteiger partial charge in [0.25, 0.3) is 0 Å². The van der Waals surface area contributed by atoms with E-state index in [1.54, 1.807) is 6.33 Å². The number of imidazole rings is 3. The Morgan fingerprint density at radius 3 is 1.58 bits per heavy atom. The fourth-order valence-corrected chi connectivity index (χ4v) is 4.88. The largest absolute Gasteiger partial charge is 0.304 e. The minimum atomic E-state index is 0.966. The Labute approximate surface area is 267 Å². The minimum Gasteiger partial charge on any atom is -0.304 e. The first-order valence-corrected chi connectivity index (χ1v) is 15.5. The molecule has 0 aliphatic heterocycles. The summed E-state index contributed by atoms with van der Waals surface area (Å²) in [7, 11) is 0. The molecule has 0 aromatic carbocycles. The zero-order valence-corrected chi connectivity index (χ0v) is 28.1. The average molecular weight is 604 g/mol. The summed E-state index contributed by atoms with van der Waals surface area (Å²) < 4.78 is 5.98. The van der Waals surface area contributed by atoms with Crippen molar-refractivity contribution in [3.8, 4) is 17.2 Å². The van der Waals surface area contributed by atoms with Gasteiger partial charge in [-0.1, -0.05) is 26.8 Å². The maximum atomic E-state index is 4.53. The monoisotopic (exact) mass is 603 g/mol. The Balaban J connectivity index is 0.000000154. The molecule has 9 nitrogen and oxygen atoms in total. The van der Waals surface area contributed by atoms with Crippen molar-refractivity contribution in [2.75, 3.05) is 0 Å². The van der Waals surface area contributed by atoms with Gasteiger partial charge in [-0.25, -0.2) is 19.9 Å². The highest BCUT2D eigenvalue weighted by Crippen LogP contribution is 2.16. The molecule has 9 heteroatoms. The number of aryl methyl sites for hydroxylation is 9. The fourth-order valence-electron chi connectivity index (χ4n) is 4.88. The van der Waals surface area contributed by atoms with Gasteiger partial charge in [0, 0.05) is 36.2 Å². The van der Waals surface area contributed by atoms with E-state index in [0.29, 0.717) is 0 Å².